The Morgan fingerprint density at radius 3 is 3.00 bits per heavy atom. The van der Waals surface area contributed by atoms with Crippen molar-refractivity contribution in [3.05, 3.63) is 59.2 Å². The largest absolute Gasteiger partial charge is 0.468 e. The van der Waals surface area contributed by atoms with Crippen molar-refractivity contribution in [2.45, 2.75) is 45.4 Å². The molecule has 5 nitrogen and oxygen atoms in total. The van der Waals surface area contributed by atoms with E-state index < -0.39 is 6.10 Å². The van der Waals surface area contributed by atoms with Gasteiger partial charge in [0.1, 0.15) is 5.76 Å². The van der Waals surface area contributed by atoms with Gasteiger partial charge in [0.2, 0.25) is 0 Å². The average molecular weight is 352 g/mol. The molecule has 0 radical (unpaired) electrons. The van der Waals surface area contributed by atoms with E-state index in [0.717, 1.165) is 40.8 Å². The highest BCUT2D eigenvalue weighted by atomic mass is 16.3. The summed E-state index contributed by atoms with van der Waals surface area (Å²) in [4.78, 5) is 12.6. The Kier molecular flexibility index (Phi) is 4.66. The van der Waals surface area contributed by atoms with Gasteiger partial charge in [-0.1, -0.05) is 11.6 Å². The van der Waals surface area contributed by atoms with Crippen LogP contribution in [0.2, 0.25) is 0 Å². The minimum absolute atomic E-state index is 0.191. The van der Waals surface area contributed by atoms with Gasteiger partial charge in [-0.05, 0) is 49.6 Å². The van der Waals surface area contributed by atoms with E-state index in [9.17, 15) is 9.90 Å². The van der Waals surface area contributed by atoms with Crippen LogP contribution in [0.5, 0.6) is 0 Å². The lowest BCUT2D eigenvalue weighted by Gasteiger charge is -2.18. The number of nitrogens with zero attached hydrogens (tertiary/aromatic N) is 1. The highest BCUT2D eigenvalue weighted by Gasteiger charge is 2.26. The van der Waals surface area contributed by atoms with E-state index in [1.165, 1.54) is 5.56 Å². The van der Waals surface area contributed by atoms with Gasteiger partial charge < -0.3 is 19.4 Å². The van der Waals surface area contributed by atoms with Gasteiger partial charge in [0.15, 0.2) is 5.78 Å². The number of carbonyl (C=O) groups excluding carboxylic acids is 1. The third kappa shape index (κ3) is 3.20. The van der Waals surface area contributed by atoms with E-state index in [0.29, 0.717) is 26.1 Å². The maximum Gasteiger partial charge on any atom is 0.179 e. The molecule has 1 aromatic carbocycles. The highest BCUT2D eigenvalue weighted by Crippen LogP contribution is 2.33. The molecule has 0 spiro atoms. The van der Waals surface area contributed by atoms with E-state index in [1.54, 1.807) is 6.26 Å². The number of furan rings is 1. The SMILES string of the molecule is Cc1ccc2c(c1)c1c(n2C[C@@H](O)CNCc2ccco2)C(=O)CCC1. The zero-order valence-corrected chi connectivity index (χ0v) is 15.0. The molecule has 0 bridgehead atoms. The molecule has 1 atom stereocenters. The Morgan fingerprint density at radius 2 is 2.19 bits per heavy atom. The van der Waals surface area contributed by atoms with E-state index in [-0.39, 0.29) is 5.78 Å². The summed E-state index contributed by atoms with van der Waals surface area (Å²) in [7, 11) is 0. The van der Waals surface area contributed by atoms with E-state index in [2.05, 4.69) is 30.4 Å². The summed E-state index contributed by atoms with van der Waals surface area (Å²) in [5.41, 5.74) is 4.18. The van der Waals surface area contributed by atoms with Crippen LogP contribution in [-0.4, -0.2) is 28.1 Å². The number of aryl methyl sites for hydroxylation is 2. The third-order valence-corrected chi connectivity index (χ3v) is 5.07. The number of aromatic nitrogens is 1. The lowest BCUT2D eigenvalue weighted by Crippen LogP contribution is -2.31. The van der Waals surface area contributed by atoms with Crippen LogP contribution in [0, 0.1) is 6.92 Å². The maximum absolute atomic E-state index is 12.6. The van der Waals surface area contributed by atoms with Crippen molar-refractivity contribution >= 4 is 16.7 Å². The van der Waals surface area contributed by atoms with E-state index in [4.69, 9.17) is 4.42 Å². The first-order chi connectivity index (χ1) is 12.6. The summed E-state index contributed by atoms with van der Waals surface area (Å²) in [5, 5.41) is 14.9. The van der Waals surface area contributed by atoms with Crippen LogP contribution < -0.4 is 5.32 Å². The van der Waals surface area contributed by atoms with Crippen LogP contribution >= 0.6 is 0 Å². The minimum Gasteiger partial charge on any atom is -0.468 e. The van der Waals surface area contributed by atoms with Crippen LogP contribution in [0.4, 0.5) is 0 Å². The molecular weight excluding hydrogens is 328 g/mol. The fourth-order valence-electron chi connectivity index (χ4n) is 3.89. The second-order valence-electron chi connectivity index (χ2n) is 7.10. The summed E-state index contributed by atoms with van der Waals surface area (Å²) < 4.78 is 7.30. The van der Waals surface area contributed by atoms with Crippen molar-refractivity contribution in [1.82, 2.24) is 9.88 Å². The van der Waals surface area contributed by atoms with Crippen molar-refractivity contribution in [3.63, 3.8) is 0 Å². The zero-order valence-electron chi connectivity index (χ0n) is 15.0. The normalized spacial score (nSPS) is 15.4. The highest BCUT2D eigenvalue weighted by molar-refractivity contribution is 6.04. The molecule has 2 N–H and O–H groups in total. The Morgan fingerprint density at radius 1 is 1.31 bits per heavy atom. The van der Waals surface area contributed by atoms with Gasteiger partial charge >= 0.3 is 0 Å². The van der Waals surface area contributed by atoms with Crippen LogP contribution in [0.1, 0.15) is 40.2 Å². The van der Waals surface area contributed by atoms with E-state index >= 15 is 0 Å². The predicted octanol–water partition coefficient (Wildman–Crippen LogP) is 3.21. The molecule has 3 aromatic rings. The fraction of sp³-hybridized carbons (Fsp3) is 0.381. The monoisotopic (exact) mass is 352 g/mol. The number of Topliss-reactive ketones (excluding diaryl/α,β-unsaturated/α-hetero) is 1. The number of fused-ring (bicyclic) bond motifs is 3. The zero-order chi connectivity index (χ0) is 18.1. The molecule has 0 unspecified atom stereocenters. The number of aliphatic hydroxyl groups excluding tert-OH is 1. The first kappa shape index (κ1) is 17.1. The molecule has 26 heavy (non-hydrogen) atoms. The quantitative estimate of drug-likeness (QED) is 0.715. The summed E-state index contributed by atoms with van der Waals surface area (Å²) in [6.07, 6.45) is 3.49. The molecule has 1 aliphatic rings. The molecule has 136 valence electrons. The van der Waals surface area contributed by atoms with Crippen molar-refractivity contribution in [2.24, 2.45) is 0 Å². The summed E-state index contributed by atoms with van der Waals surface area (Å²) in [5.74, 6) is 1.03. The molecule has 0 saturated heterocycles. The number of hydrogen-bond acceptors (Lipinski definition) is 4. The van der Waals surface area contributed by atoms with Crippen molar-refractivity contribution in [2.75, 3.05) is 6.54 Å². The number of nitrogens with one attached hydrogen (secondary N) is 1. The summed E-state index contributed by atoms with van der Waals surface area (Å²) in [6, 6.07) is 10.0. The third-order valence-electron chi connectivity index (χ3n) is 5.07. The fourth-order valence-corrected chi connectivity index (χ4v) is 3.89. The molecule has 2 aromatic heterocycles. The minimum atomic E-state index is -0.583. The van der Waals surface area contributed by atoms with Gasteiger partial charge in [-0.3, -0.25) is 4.79 Å². The number of aliphatic hydroxyl groups is 1. The molecule has 0 aliphatic heterocycles. The number of hydrogen-bond donors (Lipinski definition) is 2. The smallest absolute Gasteiger partial charge is 0.179 e. The van der Waals surface area contributed by atoms with Crippen LogP contribution in [0.25, 0.3) is 10.9 Å². The Bertz CT molecular complexity index is 925. The molecule has 5 heteroatoms. The van der Waals surface area contributed by atoms with Crippen LogP contribution in [-0.2, 0) is 19.5 Å². The number of rotatable bonds is 6. The molecular formula is C21H24N2O3. The summed E-state index contributed by atoms with van der Waals surface area (Å²) in [6.45, 7) is 3.49. The first-order valence-electron chi connectivity index (χ1n) is 9.19. The molecule has 0 saturated carbocycles. The summed E-state index contributed by atoms with van der Waals surface area (Å²) >= 11 is 0. The van der Waals surface area contributed by atoms with Crippen LogP contribution in [0.15, 0.2) is 41.0 Å². The Labute approximate surface area is 152 Å². The molecule has 4 rings (SSSR count). The Balaban J connectivity index is 1.57. The van der Waals surface area contributed by atoms with Gasteiger partial charge in [-0.25, -0.2) is 0 Å². The predicted molar refractivity (Wildman–Crippen MR) is 100 cm³/mol. The average Bonchev–Trinajstić information content (AvgIpc) is 3.23. The second-order valence-corrected chi connectivity index (χ2v) is 7.10. The standard InChI is InChI=1S/C21H24N2O3/c1-14-7-8-19-18(10-14)17-5-2-6-20(25)21(17)23(19)13-15(24)11-22-12-16-4-3-9-26-16/h3-4,7-10,15,22,24H,2,5-6,11-13H2,1H3/t15-/m0/s1. The maximum atomic E-state index is 12.6. The van der Waals surface area contributed by atoms with Gasteiger partial charge in [0.25, 0.3) is 0 Å². The van der Waals surface area contributed by atoms with E-state index in [1.807, 2.05) is 16.7 Å². The number of ketones is 1. The van der Waals surface area contributed by atoms with Crippen molar-refractivity contribution < 1.29 is 14.3 Å². The number of carbonyl (C=O) groups is 1. The molecule has 1 aliphatic carbocycles. The second kappa shape index (κ2) is 7.09. The van der Waals surface area contributed by atoms with Crippen molar-refractivity contribution in [1.29, 1.82) is 0 Å². The molecule has 2 heterocycles. The van der Waals surface area contributed by atoms with Gasteiger partial charge in [-0.15, -0.1) is 0 Å². The first-order valence-corrected chi connectivity index (χ1v) is 9.19. The van der Waals surface area contributed by atoms with Crippen LogP contribution in [0.3, 0.4) is 0 Å². The molecule has 0 fully saturated rings. The lowest BCUT2D eigenvalue weighted by molar-refractivity contribution is 0.0956. The lowest BCUT2D eigenvalue weighted by atomic mass is 9.94. The Hall–Kier alpha value is -2.37. The van der Waals surface area contributed by atoms with Gasteiger partial charge in [0, 0.05) is 23.9 Å². The van der Waals surface area contributed by atoms with Gasteiger partial charge in [0.05, 0.1) is 31.2 Å². The molecule has 0 amide bonds. The topological polar surface area (TPSA) is 67.4 Å². The van der Waals surface area contributed by atoms with Gasteiger partial charge in [-0.2, -0.15) is 0 Å². The van der Waals surface area contributed by atoms with Crippen molar-refractivity contribution in [3.8, 4) is 0 Å². The number of benzene rings is 1.